The Bertz CT molecular complexity index is 856. The molecule has 1 aromatic carbocycles. The molecular weight excluding hydrogens is 364 g/mol. The molecule has 2 aromatic rings. The number of benzene rings is 1. The van der Waals surface area contributed by atoms with Crippen molar-refractivity contribution in [2.75, 3.05) is 33.2 Å². The SMILES string of the molecule is Cc1oc(-c2ccc3c(c2)OCO3)nc1CC(=O)NCC1(CO)CCOCC1. The van der Waals surface area contributed by atoms with Gasteiger partial charge in [-0.25, -0.2) is 4.98 Å². The van der Waals surface area contributed by atoms with Gasteiger partial charge >= 0.3 is 0 Å². The van der Waals surface area contributed by atoms with Crippen molar-refractivity contribution in [2.24, 2.45) is 5.41 Å². The van der Waals surface area contributed by atoms with Gasteiger partial charge in [0.05, 0.1) is 18.7 Å². The number of ether oxygens (including phenoxy) is 3. The minimum atomic E-state index is -0.301. The zero-order valence-electron chi connectivity index (χ0n) is 15.8. The van der Waals surface area contributed by atoms with E-state index in [4.69, 9.17) is 18.6 Å². The highest BCUT2D eigenvalue weighted by Crippen LogP contribution is 2.36. The fourth-order valence-corrected chi connectivity index (χ4v) is 3.44. The van der Waals surface area contributed by atoms with E-state index in [9.17, 15) is 9.90 Å². The Hall–Kier alpha value is -2.58. The third-order valence-electron chi connectivity index (χ3n) is 5.39. The van der Waals surface area contributed by atoms with Crippen molar-refractivity contribution >= 4 is 5.91 Å². The molecule has 0 radical (unpaired) electrons. The second-order valence-corrected chi connectivity index (χ2v) is 7.31. The van der Waals surface area contributed by atoms with Crippen LogP contribution in [0.1, 0.15) is 24.3 Å². The van der Waals surface area contributed by atoms with Gasteiger partial charge in [-0.2, -0.15) is 0 Å². The number of fused-ring (bicyclic) bond motifs is 1. The van der Waals surface area contributed by atoms with E-state index in [1.165, 1.54) is 0 Å². The van der Waals surface area contributed by atoms with E-state index in [0.717, 1.165) is 18.4 Å². The summed E-state index contributed by atoms with van der Waals surface area (Å²) in [5.74, 6) is 2.24. The molecule has 0 bridgehead atoms. The minimum absolute atomic E-state index is 0.0356. The summed E-state index contributed by atoms with van der Waals surface area (Å²) in [5, 5.41) is 12.7. The molecule has 150 valence electrons. The van der Waals surface area contributed by atoms with E-state index in [2.05, 4.69) is 10.3 Å². The Morgan fingerprint density at radius 1 is 1.25 bits per heavy atom. The van der Waals surface area contributed by atoms with Crippen molar-refractivity contribution in [3.63, 3.8) is 0 Å². The number of carbonyl (C=O) groups is 1. The molecule has 1 saturated heterocycles. The van der Waals surface area contributed by atoms with Crippen molar-refractivity contribution in [1.29, 1.82) is 0 Å². The summed E-state index contributed by atoms with van der Waals surface area (Å²) >= 11 is 0. The maximum absolute atomic E-state index is 12.4. The average molecular weight is 388 g/mol. The third kappa shape index (κ3) is 3.83. The van der Waals surface area contributed by atoms with Gasteiger partial charge in [0.2, 0.25) is 18.6 Å². The number of oxazole rings is 1. The van der Waals surface area contributed by atoms with Gasteiger partial charge in [0, 0.05) is 30.7 Å². The number of rotatable bonds is 6. The van der Waals surface area contributed by atoms with E-state index >= 15 is 0 Å². The molecule has 28 heavy (non-hydrogen) atoms. The molecule has 0 spiro atoms. The maximum Gasteiger partial charge on any atom is 0.231 e. The quantitative estimate of drug-likeness (QED) is 0.778. The number of carbonyl (C=O) groups excluding carboxylic acids is 1. The molecule has 2 aliphatic rings. The molecular formula is C20H24N2O6. The normalized spacial score (nSPS) is 17.5. The van der Waals surface area contributed by atoms with Gasteiger partial charge in [-0.15, -0.1) is 0 Å². The third-order valence-corrected chi connectivity index (χ3v) is 5.39. The van der Waals surface area contributed by atoms with E-state index < -0.39 is 0 Å². The van der Waals surface area contributed by atoms with Gasteiger partial charge in [0.25, 0.3) is 0 Å². The van der Waals surface area contributed by atoms with E-state index in [-0.39, 0.29) is 31.1 Å². The Morgan fingerprint density at radius 3 is 2.82 bits per heavy atom. The van der Waals surface area contributed by atoms with Crippen LogP contribution in [0.3, 0.4) is 0 Å². The van der Waals surface area contributed by atoms with E-state index in [1.54, 1.807) is 6.92 Å². The number of nitrogens with zero attached hydrogens (tertiary/aromatic N) is 1. The lowest BCUT2D eigenvalue weighted by molar-refractivity contribution is -0.121. The Balaban J connectivity index is 1.40. The number of aryl methyl sites for hydroxylation is 1. The predicted octanol–water partition coefficient (Wildman–Crippen LogP) is 1.83. The zero-order valence-corrected chi connectivity index (χ0v) is 15.8. The molecule has 8 nitrogen and oxygen atoms in total. The van der Waals surface area contributed by atoms with Crippen molar-refractivity contribution in [3.8, 4) is 23.0 Å². The summed E-state index contributed by atoms with van der Waals surface area (Å²) < 4.78 is 21.8. The van der Waals surface area contributed by atoms with Crippen molar-refractivity contribution in [1.82, 2.24) is 10.3 Å². The molecule has 1 fully saturated rings. The molecule has 4 rings (SSSR count). The lowest BCUT2D eigenvalue weighted by Gasteiger charge is -2.35. The van der Waals surface area contributed by atoms with Crippen LogP contribution >= 0.6 is 0 Å². The number of aliphatic hydroxyl groups is 1. The van der Waals surface area contributed by atoms with Crippen LogP contribution in [0, 0.1) is 12.3 Å². The van der Waals surface area contributed by atoms with Crippen LogP contribution in [0.2, 0.25) is 0 Å². The van der Waals surface area contributed by atoms with Gasteiger partial charge in [-0.3, -0.25) is 4.79 Å². The lowest BCUT2D eigenvalue weighted by atomic mass is 9.81. The fourth-order valence-electron chi connectivity index (χ4n) is 3.44. The summed E-state index contributed by atoms with van der Waals surface area (Å²) in [6, 6.07) is 5.47. The Labute approximate surface area is 162 Å². The number of hydrogen-bond donors (Lipinski definition) is 2. The van der Waals surface area contributed by atoms with Crippen molar-refractivity contribution < 1.29 is 28.5 Å². The zero-order chi connectivity index (χ0) is 19.6. The second kappa shape index (κ2) is 7.81. The summed E-state index contributed by atoms with van der Waals surface area (Å²) in [5.41, 5.74) is 1.06. The molecule has 0 saturated carbocycles. The summed E-state index contributed by atoms with van der Waals surface area (Å²) in [6.45, 7) is 3.68. The molecule has 1 amide bonds. The molecule has 0 aliphatic carbocycles. The lowest BCUT2D eigenvalue weighted by Crippen LogP contribution is -2.44. The highest BCUT2D eigenvalue weighted by molar-refractivity contribution is 5.78. The van der Waals surface area contributed by atoms with Gasteiger partial charge in [0.15, 0.2) is 11.5 Å². The molecule has 2 aliphatic heterocycles. The second-order valence-electron chi connectivity index (χ2n) is 7.31. The average Bonchev–Trinajstić information content (AvgIpc) is 3.33. The van der Waals surface area contributed by atoms with Crippen LogP contribution in [-0.4, -0.2) is 49.2 Å². The molecule has 8 heteroatoms. The van der Waals surface area contributed by atoms with Gasteiger partial charge in [-0.1, -0.05) is 0 Å². The summed E-state index contributed by atoms with van der Waals surface area (Å²) in [7, 11) is 0. The first-order valence-electron chi connectivity index (χ1n) is 9.40. The Kier molecular flexibility index (Phi) is 5.23. The van der Waals surface area contributed by atoms with Gasteiger partial charge in [-0.05, 0) is 38.0 Å². The molecule has 3 heterocycles. The highest BCUT2D eigenvalue weighted by atomic mass is 16.7. The molecule has 0 atom stereocenters. The van der Waals surface area contributed by atoms with Crippen LogP contribution in [0.4, 0.5) is 0 Å². The minimum Gasteiger partial charge on any atom is -0.454 e. The smallest absolute Gasteiger partial charge is 0.231 e. The van der Waals surface area contributed by atoms with Crippen molar-refractivity contribution in [3.05, 3.63) is 29.7 Å². The monoisotopic (exact) mass is 388 g/mol. The number of hydrogen-bond acceptors (Lipinski definition) is 7. The Morgan fingerprint density at radius 2 is 2.04 bits per heavy atom. The van der Waals surface area contributed by atoms with Crippen LogP contribution < -0.4 is 14.8 Å². The van der Waals surface area contributed by atoms with Gasteiger partial charge < -0.3 is 29.1 Å². The number of nitrogens with one attached hydrogen (secondary N) is 1. The van der Waals surface area contributed by atoms with Crippen LogP contribution in [0.15, 0.2) is 22.6 Å². The summed E-state index contributed by atoms with van der Waals surface area (Å²) in [4.78, 5) is 16.9. The van der Waals surface area contributed by atoms with E-state index in [0.29, 0.717) is 48.6 Å². The largest absolute Gasteiger partial charge is 0.454 e. The molecule has 2 N–H and O–H groups in total. The first-order valence-corrected chi connectivity index (χ1v) is 9.40. The van der Waals surface area contributed by atoms with Crippen LogP contribution in [0.5, 0.6) is 11.5 Å². The maximum atomic E-state index is 12.4. The van der Waals surface area contributed by atoms with Gasteiger partial charge in [0.1, 0.15) is 5.76 Å². The van der Waals surface area contributed by atoms with Crippen molar-refractivity contribution in [2.45, 2.75) is 26.2 Å². The first-order chi connectivity index (χ1) is 13.6. The topological polar surface area (TPSA) is 103 Å². The van der Waals surface area contributed by atoms with Crippen LogP contribution in [0.25, 0.3) is 11.5 Å². The molecule has 0 unspecified atom stereocenters. The highest BCUT2D eigenvalue weighted by Gasteiger charge is 2.32. The summed E-state index contributed by atoms with van der Waals surface area (Å²) in [6.07, 6.45) is 1.60. The number of aliphatic hydroxyl groups excluding tert-OH is 1. The number of aromatic nitrogens is 1. The van der Waals surface area contributed by atoms with Crippen LogP contribution in [-0.2, 0) is 16.0 Å². The van der Waals surface area contributed by atoms with E-state index in [1.807, 2.05) is 18.2 Å². The molecule has 1 aromatic heterocycles. The fraction of sp³-hybridized carbons (Fsp3) is 0.500. The standard InChI is InChI=1S/C20H24N2O6/c1-13-15(9-18(24)21-10-20(11-23)4-6-25-7-5-20)22-19(28-13)14-2-3-16-17(8-14)27-12-26-16/h2-3,8,23H,4-7,9-12H2,1H3,(H,21,24). The predicted molar refractivity (Wildman–Crippen MR) is 99.1 cm³/mol. The first kappa shape index (κ1) is 18.8. The number of amides is 1.